The van der Waals surface area contributed by atoms with Gasteiger partial charge in [-0.25, -0.2) is 0 Å². The molecular weight excluding hydrogens is 195 g/mol. The second-order valence-electron chi connectivity index (χ2n) is 2.15. The standard InChI is InChI=1S/C9H8Cl2O/c1-2-6-12-8-5-3-4-7(10)9(8)11/h2-5H,1,6H2. The Bertz CT molecular complexity index is 284. The van der Waals surface area contributed by atoms with Gasteiger partial charge < -0.3 is 4.74 Å². The van der Waals surface area contributed by atoms with E-state index in [1.165, 1.54) is 0 Å². The Kier molecular flexibility index (Phi) is 3.45. The van der Waals surface area contributed by atoms with E-state index >= 15 is 0 Å². The normalized spacial score (nSPS) is 9.50. The molecule has 0 spiro atoms. The summed E-state index contributed by atoms with van der Waals surface area (Å²) >= 11 is 11.6. The Morgan fingerprint density at radius 3 is 2.83 bits per heavy atom. The minimum Gasteiger partial charge on any atom is -0.488 e. The zero-order valence-corrected chi connectivity index (χ0v) is 7.90. The van der Waals surface area contributed by atoms with Gasteiger partial charge in [-0.15, -0.1) is 0 Å². The lowest BCUT2D eigenvalue weighted by atomic mass is 10.3. The first kappa shape index (κ1) is 9.43. The summed E-state index contributed by atoms with van der Waals surface area (Å²) in [5.74, 6) is 0.587. The molecule has 0 saturated carbocycles. The third kappa shape index (κ3) is 2.16. The van der Waals surface area contributed by atoms with Crippen LogP contribution in [0.3, 0.4) is 0 Å². The average molecular weight is 203 g/mol. The van der Waals surface area contributed by atoms with Crippen LogP contribution in [0.1, 0.15) is 0 Å². The Labute approximate surface area is 81.6 Å². The van der Waals surface area contributed by atoms with E-state index in [-0.39, 0.29) is 0 Å². The Hall–Kier alpha value is -0.660. The van der Waals surface area contributed by atoms with Gasteiger partial charge in [-0.2, -0.15) is 0 Å². The highest BCUT2D eigenvalue weighted by molar-refractivity contribution is 6.42. The van der Waals surface area contributed by atoms with Gasteiger partial charge in [-0.1, -0.05) is 41.9 Å². The first-order chi connectivity index (χ1) is 5.75. The van der Waals surface area contributed by atoms with E-state index in [4.69, 9.17) is 27.9 Å². The summed E-state index contributed by atoms with van der Waals surface area (Å²) in [4.78, 5) is 0. The van der Waals surface area contributed by atoms with Gasteiger partial charge in [-0.3, -0.25) is 0 Å². The Morgan fingerprint density at radius 2 is 2.17 bits per heavy atom. The van der Waals surface area contributed by atoms with Gasteiger partial charge in [0, 0.05) is 0 Å². The van der Waals surface area contributed by atoms with E-state index in [2.05, 4.69) is 6.58 Å². The van der Waals surface area contributed by atoms with Crippen LogP contribution in [0.5, 0.6) is 5.75 Å². The third-order valence-corrected chi connectivity index (χ3v) is 2.07. The molecule has 0 aliphatic rings. The number of hydrogen-bond acceptors (Lipinski definition) is 1. The van der Waals surface area contributed by atoms with E-state index in [0.717, 1.165) is 0 Å². The van der Waals surface area contributed by atoms with Gasteiger partial charge >= 0.3 is 0 Å². The van der Waals surface area contributed by atoms with Crippen molar-refractivity contribution >= 4 is 23.2 Å². The first-order valence-electron chi connectivity index (χ1n) is 3.43. The van der Waals surface area contributed by atoms with Crippen molar-refractivity contribution in [3.63, 3.8) is 0 Å². The zero-order valence-electron chi connectivity index (χ0n) is 6.39. The molecule has 0 aliphatic carbocycles. The molecule has 1 aromatic carbocycles. The lowest BCUT2D eigenvalue weighted by molar-refractivity contribution is 0.363. The van der Waals surface area contributed by atoms with E-state index in [9.17, 15) is 0 Å². The fourth-order valence-electron chi connectivity index (χ4n) is 0.744. The van der Waals surface area contributed by atoms with Crippen LogP contribution in [0.4, 0.5) is 0 Å². The monoisotopic (exact) mass is 202 g/mol. The van der Waals surface area contributed by atoms with Crippen molar-refractivity contribution in [3.05, 3.63) is 40.9 Å². The van der Waals surface area contributed by atoms with Gasteiger partial charge in [0.05, 0.1) is 5.02 Å². The molecule has 0 atom stereocenters. The molecule has 12 heavy (non-hydrogen) atoms. The molecule has 1 rings (SSSR count). The van der Waals surface area contributed by atoms with Crippen molar-refractivity contribution in [2.75, 3.05) is 6.61 Å². The lowest BCUT2D eigenvalue weighted by Gasteiger charge is -2.05. The van der Waals surface area contributed by atoms with E-state index < -0.39 is 0 Å². The summed E-state index contributed by atoms with van der Waals surface area (Å²) in [6.45, 7) is 3.96. The largest absolute Gasteiger partial charge is 0.488 e. The average Bonchev–Trinajstić information content (AvgIpc) is 2.08. The van der Waals surface area contributed by atoms with Crippen molar-refractivity contribution < 1.29 is 4.74 Å². The molecule has 0 fully saturated rings. The maximum absolute atomic E-state index is 5.84. The lowest BCUT2D eigenvalue weighted by Crippen LogP contribution is -1.93. The predicted molar refractivity (Wildman–Crippen MR) is 52.2 cm³/mol. The zero-order chi connectivity index (χ0) is 8.97. The van der Waals surface area contributed by atoms with Gasteiger partial charge in [0.25, 0.3) is 0 Å². The minimum absolute atomic E-state index is 0.431. The van der Waals surface area contributed by atoms with Crippen LogP contribution in [-0.2, 0) is 0 Å². The van der Waals surface area contributed by atoms with Gasteiger partial charge in [-0.05, 0) is 12.1 Å². The smallest absolute Gasteiger partial charge is 0.139 e. The summed E-state index contributed by atoms with van der Waals surface area (Å²) in [7, 11) is 0. The van der Waals surface area contributed by atoms with E-state index in [1.807, 2.05) is 0 Å². The van der Waals surface area contributed by atoms with E-state index in [0.29, 0.717) is 22.4 Å². The highest BCUT2D eigenvalue weighted by atomic mass is 35.5. The molecule has 0 bridgehead atoms. The Balaban J connectivity index is 2.84. The van der Waals surface area contributed by atoms with Crippen molar-refractivity contribution in [2.45, 2.75) is 0 Å². The van der Waals surface area contributed by atoms with Crippen molar-refractivity contribution in [3.8, 4) is 5.75 Å². The predicted octanol–water partition coefficient (Wildman–Crippen LogP) is 3.56. The van der Waals surface area contributed by atoms with Crippen LogP contribution in [-0.4, -0.2) is 6.61 Å². The quantitative estimate of drug-likeness (QED) is 0.682. The molecule has 0 radical (unpaired) electrons. The number of hydrogen-bond donors (Lipinski definition) is 0. The van der Waals surface area contributed by atoms with Crippen LogP contribution in [0.2, 0.25) is 10.0 Å². The maximum Gasteiger partial charge on any atom is 0.139 e. The maximum atomic E-state index is 5.84. The van der Waals surface area contributed by atoms with Gasteiger partial charge in [0.2, 0.25) is 0 Å². The summed E-state index contributed by atoms with van der Waals surface area (Å²) in [6, 6.07) is 5.26. The topological polar surface area (TPSA) is 9.23 Å². The van der Waals surface area contributed by atoms with Crippen molar-refractivity contribution in [1.29, 1.82) is 0 Å². The minimum atomic E-state index is 0.431. The van der Waals surface area contributed by atoms with Crippen LogP contribution >= 0.6 is 23.2 Å². The van der Waals surface area contributed by atoms with Gasteiger partial charge in [0.15, 0.2) is 0 Å². The van der Waals surface area contributed by atoms with E-state index in [1.54, 1.807) is 24.3 Å². The second kappa shape index (κ2) is 4.39. The van der Waals surface area contributed by atoms with Gasteiger partial charge in [0.1, 0.15) is 17.4 Å². The highest BCUT2D eigenvalue weighted by Gasteiger charge is 2.03. The fourth-order valence-corrected chi connectivity index (χ4v) is 1.09. The molecule has 1 aromatic rings. The molecule has 0 aromatic heterocycles. The molecule has 0 saturated heterocycles. The third-order valence-electron chi connectivity index (χ3n) is 1.27. The molecule has 0 N–H and O–H groups in total. The summed E-state index contributed by atoms with van der Waals surface area (Å²) < 4.78 is 5.23. The van der Waals surface area contributed by atoms with Crippen LogP contribution in [0.15, 0.2) is 30.9 Å². The van der Waals surface area contributed by atoms with Crippen LogP contribution in [0.25, 0.3) is 0 Å². The first-order valence-corrected chi connectivity index (χ1v) is 4.19. The second-order valence-corrected chi connectivity index (χ2v) is 2.94. The highest BCUT2D eigenvalue weighted by Crippen LogP contribution is 2.31. The Morgan fingerprint density at radius 1 is 1.42 bits per heavy atom. The summed E-state index contributed by atoms with van der Waals surface area (Å²) in [5, 5.41) is 0.944. The van der Waals surface area contributed by atoms with Crippen LogP contribution in [0, 0.1) is 0 Å². The fraction of sp³-hybridized carbons (Fsp3) is 0.111. The molecule has 0 amide bonds. The summed E-state index contributed by atoms with van der Waals surface area (Å²) in [6.07, 6.45) is 1.65. The van der Waals surface area contributed by atoms with Crippen molar-refractivity contribution in [1.82, 2.24) is 0 Å². The summed E-state index contributed by atoms with van der Waals surface area (Å²) in [5.41, 5.74) is 0. The molecule has 0 heterocycles. The molecule has 1 nitrogen and oxygen atoms in total. The number of benzene rings is 1. The molecule has 0 unspecified atom stereocenters. The number of rotatable bonds is 3. The molecular formula is C9H8Cl2O. The SMILES string of the molecule is C=CCOc1cccc(Cl)c1Cl. The number of ether oxygens (including phenoxy) is 1. The van der Waals surface area contributed by atoms with Crippen molar-refractivity contribution in [2.24, 2.45) is 0 Å². The molecule has 3 heteroatoms. The molecule has 0 aliphatic heterocycles. The molecule has 64 valence electrons. The number of halogens is 2. The van der Waals surface area contributed by atoms with Crippen LogP contribution < -0.4 is 4.74 Å².